The lowest BCUT2D eigenvalue weighted by Crippen LogP contribution is -2.20. The van der Waals surface area contributed by atoms with Gasteiger partial charge >= 0.3 is 0 Å². The average Bonchev–Trinajstić information content (AvgIpc) is 3.04. The van der Waals surface area contributed by atoms with E-state index in [4.69, 9.17) is 4.74 Å². The number of hydrogen-bond acceptors (Lipinski definition) is 4. The summed E-state index contributed by atoms with van der Waals surface area (Å²) in [6, 6.07) is 13.7. The van der Waals surface area contributed by atoms with Crippen LogP contribution in [0, 0.1) is 6.92 Å². The zero-order chi connectivity index (χ0) is 19.4. The highest BCUT2D eigenvalue weighted by Crippen LogP contribution is 2.32. The van der Waals surface area contributed by atoms with E-state index in [0.717, 1.165) is 37.1 Å². The Labute approximate surface area is 179 Å². The Bertz CT molecular complexity index is 955. The minimum atomic E-state index is -0.235. The highest BCUT2D eigenvalue weighted by Gasteiger charge is 2.14. The first-order chi connectivity index (χ1) is 13.0. The fourth-order valence-electron chi connectivity index (χ4n) is 2.50. The molecule has 0 bridgehead atoms. The molecule has 1 N–H and O–H groups in total. The largest absolute Gasteiger partial charge is 0.483 e. The molecule has 0 fully saturated rings. The number of amides is 1. The first-order valence-corrected chi connectivity index (χ1v) is 10.8. The van der Waals surface area contributed by atoms with Crippen molar-refractivity contribution in [3.63, 3.8) is 0 Å². The van der Waals surface area contributed by atoms with E-state index in [-0.39, 0.29) is 12.5 Å². The van der Waals surface area contributed by atoms with Crippen LogP contribution in [0.25, 0.3) is 11.3 Å². The number of thiazole rings is 1. The summed E-state index contributed by atoms with van der Waals surface area (Å²) in [5.41, 5.74) is 3.06. The first kappa shape index (κ1) is 20.0. The van der Waals surface area contributed by atoms with Crippen molar-refractivity contribution < 1.29 is 9.53 Å². The number of halogens is 2. The normalized spacial score (nSPS) is 10.7. The topological polar surface area (TPSA) is 51.2 Å². The van der Waals surface area contributed by atoms with Gasteiger partial charge in [0.1, 0.15) is 5.75 Å². The lowest BCUT2D eigenvalue weighted by atomic mass is 10.1. The van der Waals surface area contributed by atoms with Crippen molar-refractivity contribution >= 4 is 54.2 Å². The molecule has 1 heterocycles. The van der Waals surface area contributed by atoms with Gasteiger partial charge in [0.25, 0.3) is 5.91 Å². The molecule has 0 aliphatic heterocycles. The molecule has 0 atom stereocenters. The third-order valence-electron chi connectivity index (χ3n) is 3.83. The maximum atomic E-state index is 12.3. The van der Waals surface area contributed by atoms with Crippen molar-refractivity contribution in [2.45, 2.75) is 20.3 Å². The SMILES string of the molecule is CCc1sc(NC(=O)COc2ccc(C)cc2Br)nc1-c1ccc(Br)cc1. The Hall–Kier alpha value is -1.70. The van der Waals surface area contributed by atoms with Gasteiger partial charge in [0, 0.05) is 14.9 Å². The van der Waals surface area contributed by atoms with E-state index in [1.54, 1.807) is 0 Å². The number of aromatic nitrogens is 1. The Morgan fingerprint density at radius 3 is 2.59 bits per heavy atom. The molecule has 1 amide bonds. The predicted octanol–water partition coefficient (Wildman–Crippen LogP) is 6.22. The minimum absolute atomic E-state index is 0.0731. The van der Waals surface area contributed by atoms with Crippen LogP contribution in [-0.4, -0.2) is 17.5 Å². The number of nitrogens with one attached hydrogen (secondary N) is 1. The van der Waals surface area contributed by atoms with E-state index in [1.807, 2.05) is 49.4 Å². The number of carbonyl (C=O) groups is 1. The van der Waals surface area contributed by atoms with Crippen LogP contribution in [0.1, 0.15) is 17.4 Å². The summed E-state index contributed by atoms with van der Waals surface area (Å²) < 4.78 is 7.45. The van der Waals surface area contributed by atoms with Gasteiger partial charge in [0.15, 0.2) is 11.7 Å². The number of ether oxygens (including phenoxy) is 1. The molecule has 0 unspecified atom stereocenters. The zero-order valence-corrected chi connectivity index (χ0v) is 18.9. The number of anilines is 1. The van der Waals surface area contributed by atoms with E-state index in [9.17, 15) is 4.79 Å². The van der Waals surface area contributed by atoms with Crippen molar-refractivity contribution in [2.75, 3.05) is 11.9 Å². The van der Waals surface area contributed by atoms with Crippen LogP contribution in [-0.2, 0) is 11.2 Å². The van der Waals surface area contributed by atoms with E-state index < -0.39 is 0 Å². The summed E-state index contributed by atoms with van der Waals surface area (Å²) in [6.07, 6.45) is 0.853. The Kier molecular flexibility index (Phi) is 6.68. The van der Waals surface area contributed by atoms with Crippen molar-refractivity contribution in [2.24, 2.45) is 0 Å². The fraction of sp³-hybridized carbons (Fsp3) is 0.200. The second-order valence-corrected chi connectivity index (χ2v) is 8.78. The lowest BCUT2D eigenvalue weighted by molar-refractivity contribution is -0.118. The van der Waals surface area contributed by atoms with E-state index >= 15 is 0 Å². The van der Waals surface area contributed by atoms with Crippen molar-refractivity contribution in [3.05, 3.63) is 61.9 Å². The second-order valence-electron chi connectivity index (χ2n) is 5.92. The number of rotatable bonds is 6. The first-order valence-electron chi connectivity index (χ1n) is 8.40. The van der Waals surface area contributed by atoms with E-state index in [0.29, 0.717) is 10.9 Å². The van der Waals surface area contributed by atoms with Gasteiger partial charge in [0.2, 0.25) is 0 Å². The molecule has 140 valence electrons. The molecule has 2 aromatic carbocycles. The number of nitrogens with zero attached hydrogens (tertiary/aromatic N) is 1. The van der Waals surface area contributed by atoms with Gasteiger partial charge in [-0.3, -0.25) is 10.1 Å². The van der Waals surface area contributed by atoms with Gasteiger partial charge in [-0.15, -0.1) is 11.3 Å². The smallest absolute Gasteiger partial charge is 0.264 e. The van der Waals surface area contributed by atoms with Gasteiger partial charge in [-0.05, 0) is 59.1 Å². The summed E-state index contributed by atoms with van der Waals surface area (Å²) in [7, 11) is 0. The van der Waals surface area contributed by atoms with Gasteiger partial charge in [-0.1, -0.05) is 41.1 Å². The molecule has 0 spiro atoms. The van der Waals surface area contributed by atoms with Gasteiger partial charge in [0.05, 0.1) is 10.2 Å². The van der Waals surface area contributed by atoms with Crippen molar-refractivity contribution in [3.8, 4) is 17.0 Å². The average molecular weight is 510 g/mol. The maximum Gasteiger partial charge on any atom is 0.264 e. The molecular weight excluding hydrogens is 492 g/mol. The molecule has 27 heavy (non-hydrogen) atoms. The third-order valence-corrected chi connectivity index (χ3v) is 6.09. The minimum Gasteiger partial charge on any atom is -0.483 e. The Balaban J connectivity index is 1.68. The van der Waals surface area contributed by atoms with E-state index in [2.05, 4.69) is 49.1 Å². The van der Waals surface area contributed by atoms with Gasteiger partial charge < -0.3 is 4.74 Å². The number of aryl methyl sites for hydroxylation is 2. The van der Waals surface area contributed by atoms with Crippen LogP contribution >= 0.6 is 43.2 Å². The molecule has 3 rings (SSSR count). The number of carbonyl (C=O) groups excluding carboxylic acids is 1. The van der Waals surface area contributed by atoms with Gasteiger partial charge in [-0.2, -0.15) is 0 Å². The summed E-state index contributed by atoms with van der Waals surface area (Å²) in [5, 5.41) is 3.42. The summed E-state index contributed by atoms with van der Waals surface area (Å²) in [4.78, 5) is 18.0. The van der Waals surface area contributed by atoms with Crippen LogP contribution in [0.3, 0.4) is 0 Å². The number of benzene rings is 2. The van der Waals surface area contributed by atoms with Crippen LogP contribution in [0.2, 0.25) is 0 Å². The number of hydrogen-bond donors (Lipinski definition) is 1. The lowest BCUT2D eigenvalue weighted by Gasteiger charge is -2.08. The highest BCUT2D eigenvalue weighted by atomic mass is 79.9. The Morgan fingerprint density at radius 1 is 1.19 bits per heavy atom. The van der Waals surface area contributed by atoms with Gasteiger partial charge in [-0.25, -0.2) is 4.98 Å². The quantitative estimate of drug-likeness (QED) is 0.429. The molecule has 1 aromatic heterocycles. The molecule has 4 nitrogen and oxygen atoms in total. The molecule has 0 radical (unpaired) electrons. The third kappa shape index (κ3) is 5.18. The van der Waals surface area contributed by atoms with Crippen molar-refractivity contribution in [1.29, 1.82) is 0 Å². The van der Waals surface area contributed by atoms with Crippen LogP contribution in [0.4, 0.5) is 5.13 Å². The molecule has 0 aliphatic carbocycles. The summed E-state index contributed by atoms with van der Waals surface area (Å²) >= 11 is 8.39. The van der Waals surface area contributed by atoms with Crippen LogP contribution < -0.4 is 10.1 Å². The van der Waals surface area contributed by atoms with E-state index in [1.165, 1.54) is 11.3 Å². The van der Waals surface area contributed by atoms with Crippen LogP contribution in [0.5, 0.6) is 5.75 Å². The summed E-state index contributed by atoms with van der Waals surface area (Å²) in [6.45, 7) is 4.01. The molecule has 0 aliphatic rings. The fourth-order valence-corrected chi connectivity index (χ4v) is 4.31. The standard InChI is InChI=1S/C20H18Br2N2O2S/c1-3-17-19(13-5-7-14(21)8-6-13)24-20(27-17)23-18(25)11-26-16-9-4-12(2)10-15(16)22/h4-10H,3,11H2,1-2H3,(H,23,24,25). The predicted molar refractivity (Wildman–Crippen MR) is 118 cm³/mol. The highest BCUT2D eigenvalue weighted by molar-refractivity contribution is 9.10. The monoisotopic (exact) mass is 508 g/mol. The molecule has 0 saturated heterocycles. The molecular formula is C20H18Br2N2O2S. The Morgan fingerprint density at radius 2 is 1.93 bits per heavy atom. The molecule has 3 aromatic rings. The zero-order valence-electron chi connectivity index (χ0n) is 14.9. The molecule has 7 heteroatoms. The summed E-state index contributed by atoms with van der Waals surface area (Å²) in [5.74, 6) is 0.404. The van der Waals surface area contributed by atoms with Crippen LogP contribution in [0.15, 0.2) is 51.4 Å². The maximum absolute atomic E-state index is 12.3. The molecule has 0 saturated carbocycles. The second kappa shape index (κ2) is 8.99. The van der Waals surface area contributed by atoms with Crippen molar-refractivity contribution in [1.82, 2.24) is 4.98 Å².